The van der Waals surface area contributed by atoms with Crippen LogP contribution < -0.4 is 0 Å². The zero-order valence-corrected chi connectivity index (χ0v) is 10.5. The van der Waals surface area contributed by atoms with Crippen LogP contribution in [0.1, 0.15) is 6.42 Å². The maximum atomic E-state index is 5.40. The van der Waals surface area contributed by atoms with Crippen molar-refractivity contribution in [3.8, 4) is 0 Å². The molecular weight excluding hydrogens is 318 g/mol. The van der Waals surface area contributed by atoms with Crippen LogP contribution in [0, 0.1) is 0 Å². The molecule has 78 valence electrons. The summed E-state index contributed by atoms with van der Waals surface area (Å²) in [5, 5.41) is 4.16. The lowest BCUT2D eigenvalue weighted by Crippen LogP contribution is -2.28. The molecule has 7 heteroatoms. The topological polar surface area (TPSA) is 49.2 Å². The van der Waals surface area contributed by atoms with Gasteiger partial charge < -0.3 is 9.47 Å². The molecule has 1 unspecified atom stereocenters. The van der Waals surface area contributed by atoms with Crippen LogP contribution in [0.25, 0.3) is 0 Å². The van der Waals surface area contributed by atoms with Gasteiger partial charge in [0.1, 0.15) is 6.79 Å². The number of halogens is 2. The number of hydrogen-bond donors (Lipinski definition) is 0. The molecule has 0 saturated carbocycles. The molecule has 5 nitrogen and oxygen atoms in total. The second-order valence-corrected chi connectivity index (χ2v) is 4.35. The third-order valence-corrected chi connectivity index (χ3v) is 2.87. The van der Waals surface area contributed by atoms with Gasteiger partial charge >= 0.3 is 0 Å². The average molecular weight is 327 g/mol. The van der Waals surface area contributed by atoms with Gasteiger partial charge in [-0.25, -0.2) is 4.68 Å². The van der Waals surface area contributed by atoms with E-state index in [2.05, 4.69) is 41.9 Å². The van der Waals surface area contributed by atoms with Gasteiger partial charge in [-0.05, 0) is 38.3 Å². The smallest absolute Gasteiger partial charge is 0.218 e. The third kappa shape index (κ3) is 2.53. The van der Waals surface area contributed by atoms with Crippen molar-refractivity contribution in [2.75, 3.05) is 13.4 Å². The first-order valence-corrected chi connectivity index (χ1v) is 5.79. The van der Waals surface area contributed by atoms with Gasteiger partial charge in [0, 0.05) is 0 Å². The van der Waals surface area contributed by atoms with Crippen LogP contribution in [0.2, 0.25) is 0 Å². The third-order valence-electron chi connectivity index (χ3n) is 1.95. The van der Waals surface area contributed by atoms with Gasteiger partial charge in [0.2, 0.25) is 4.73 Å². The zero-order chi connectivity index (χ0) is 9.97. The van der Waals surface area contributed by atoms with Crippen LogP contribution in [0.3, 0.4) is 0 Å². The number of ether oxygens (including phenoxy) is 2. The van der Waals surface area contributed by atoms with Crippen LogP contribution in [0.5, 0.6) is 0 Å². The second kappa shape index (κ2) is 4.69. The highest BCUT2D eigenvalue weighted by molar-refractivity contribution is 9.11. The summed E-state index contributed by atoms with van der Waals surface area (Å²) >= 11 is 6.53. The molecule has 0 amide bonds. The highest BCUT2D eigenvalue weighted by atomic mass is 79.9. The molecule has 1 aliphatic rings. The van der Waals surface area contributed by atoms with Gasteiger partial charge in [-0.2, -0.15) is 4.98 Å². The van der Waals surface area contributed by atoms with E-state index in [0.717, 1.165) is 13.0 Å². The van der Waals surface area contributed by atoms with Crippen molar-refractivity contribution in [2.45, 2.75) is 19.1 Å². The minimum absolute atomic E-state index is 0.161. The molecule has 2 heterocycles. The summed E-state index contributed by atoms with van der Waals surface area (Å²) in [6, 6.07) is 0. The van der Waals surface area contributed by atoms with Crippen molar-refractivity contribution in [2.24, 2.45) is 0 Å². The Morgan fingerprint density at radius 2 is 2.36 bits per heavy atom. The van der Waals surface area contributed by atoms with E-state index in [1.165, 1.54) is 0 Å². The summed E-state index contributed by atoms with van der Waals surface area (Å²) in [4.78, 5) is 4.07. The maximum absolute atomic E-state index is 5.40. The van der Waals surface area contributed by atoms with E-state index in [0.29, 0.717) is 22.8 Å². The highest BCUT2D eigenvalue weighted by Crippen LogP contribution is 2.14. The van der Waals surface area contributed by atoms with E-state index in [1.807, 2.05) is 0 Å². The van der Waals surface area contributed by atoms with E-state index in [1.54, 1.807) is 4.68 Å². The number of nitrogens with zero attached hydrogens (tertiary/aromatic N) is 3. The van der Waals surface area contributed by atoms with E-state index in [4.69, 9.17) is 9.47 Å². The molecule has 0 aromatic carbocycles. The van der Waals surface area contributed by atoms with Crippen molar-refractivity contribution in [1.82, 2.24) is 14.8 Å². The van der Waals surface area contributed by atoms with Gasteiger partial charge in [0.25, 0.3) is 0 Å². The first kappa shape index (κ1) is 10.5. The molecule has 1 aromatic heterocycles. The SMILES string of the molecule is Brc1nc(Br)n(CC2CCOCO2)n1. The molecule has 0 bridgehead atoms. The lowest BCUT2D eigenvalue weighted by molar-refractivity contribution is -0.143. The standard InChI is InChI=1S/C7H9Br2N3O2/c8-6-10-7(9)12(11-6)3-5-1-2-13-4-14-5/h5H,1-4H2. The van der Waals surface area contributed by atoms with Crippen molar-refractivity contribution in [3.05, 3.63) is 9.47 Å². The van der Waals surface area contributed by atoms with Gasteiger partial charge in [-0.1, -0.05) is 0 Å². The Balaban J connectivity index is 1.98. The molecule has 0 aliphatic carbocycles. The van der Waals surface area contributed by atoms with E-state index >= 15 is 0 Å². The van der Waals surface area contributed by atoms with Crippen LogP contribution >= 0.6 is 31.9 Å². The number of hydrogen-bond acceptors (Lipinski definition) is 4. The molecule has 14 heavy (non-hydrogen) atoms. The Kier molecular flexibility index (Phi) is 3.53. The fourth-order valence-corrected chi connectivity index (χ4v) is 2.24. The molecule has 1 aromatic rings. The van der Waals surface area contributed by atoms with E-state index in [-0.39, 0.29) is 6.10 Å². The Morgan fingerprint density at radius 3 is 2.93 bits per heavy atom. The predicted octanol–water partition coefficient (Wildman–Crippen LogP) is 1.57. The minimum Gasteiger partial charge on any atom is -0.355 e. The Labute approximate surface area is 98.0 Å². The first-order valence-electron chi connectivity index (χ1n) is 4.21. The monoisotopic (exact) mass is 325 g/mol. The molecule has 1 aliphatic heterocycles. The van der Waals surface area contributed by atoms with Crippen LogP contribution in [-0.4, -0.2) is 34.3 Å². The Morgan fingerprint density at radius 1 is 1.50 bits per heavy atom. The van der Waals surface area contributed by atoms with Crippen LogP contribution in [-0.2, 0) is 16.0 Å². The summed E-state index contributed by atoms with van der Waals surface area (Å²) in [5.74, 6) is 0. The van der Waals surface area contributed by atoms with Gasteiger partial charge in [0.05, 0.1) is 19.3 Å². The Hall–Kier alpha value is 0.0200. The molecule has 0 N–H and O–H groups in total. The van der Waals surface area contributed by atoms with Crippen molar-refractivity contribution in [3.63, 3.8) is 0 Å². The van der Waals surface area contributed by atoms with Gasteiger partial charge in [0.15, 0.2) is 4.73 Å². The fraction of sp³-hybridized carbons (Fsp3) is 0.714. The van der Waals surface area contributed by atoms with Crippen LogP contribution in [0.4, 0.5) is 0 Å². The lowest BCUT2D eigenvalue weighted by Gasteiger charge is -2.22. The van der Waals surface area contributed by atoms with E-state index < -0.39 is 0 Å². The Bertz CT molecular complexity index is 312. The van der Waals surface area contributed by atoms with Crippen molar-refractivity contribution >= 4 is 31.9 Å². The molecule has 1 fully saturated rings. The minimum atomic E-state index is 0.161. The quantitative estimate of drug-likeness (QED) is 0.827. The molecular formula is C7H9Br2N3O2. The molecule has 2 rings (SSSR count). The van der Waals surface area contributed by atoms with Crippen molar-refractivity contribution in [1.29, 1.82) is 0 Å². The summed E-state index contributed by atoms with van der Waals surface area (Å²) in [6.45, 7) is 1.82. The molecule has 1 saturated heterocycles. The van der Waals surface area contributed by atoms with Gasteiger partial charge in [-0.15, -0.1) is 5.10 Å². The van der Waals surface area contributed by atoms with Crippen LogP contribution in [0.15, 0.2) is 9.47 Å². The molecule has 1 atom stereocenters. The summed E-state index contributed by atoms with van der Waals surface area (Å²) < 4.78 is 13.5. The van der Waals surface area contributed by atoms with E-state index in [9.17, 15) is 0 Å². The summed E-state index contributed by atoms with van der Waals surface area (Å²) in [6.07, 6.45) is 1.05. The van der Waals surface area contributed by atoms with Crippen molar-refractivity contribution < 1.29 is 9.47 Å². The predicted molar refractivity (Wildman–Crippen MR) is 55.7 cm³/mol. The number of rotatable bonds is 2. The second-order valence-electron chi connectivity index (χ2n) is 2.94. The molecule has 0 spiro atoms. The zero-order valence-electron chi connectivity index (χ0n) is 7.32. The first-order chi connectivity index (χ1) is 6.75. The maximum Gasteiger partial charge on any atom is 0.218 e. The normalized spacial score (nSPS) is 22.6. The summed E-state index contributed by atoms with van der Waals surface area (Å²) in [7, 11) is 0. The summed E-state index contributed by atoms with van der Waals surface area (Å²) in [5.41, 5.74) is 0. The molecule has 0 radical (unpaired) electrons. The van der Waals surface area contributed by atoms with Gasteiger partial charge in [-0.3, -0.25) is 0 Å². The average Bonchev–Trinajstić information content (AvgIpc) is 2.47. The number of aromatic nitrogens is 3. The highest BCUT2D eigenvalue weighted by Gasteiger charge is 2.17. The fourth-order valence-electron chi connectivity index (χ4n) is 1.25. The lowest BCUT2D eigenvalue weighted by atomic mass is 10.2. The largest absolute Gasteiger partial charge is 0.355 e.